The summed E-state index contributed by atoms with van der Waals surface area (Å²) in [5.74, 6) is -0.996. The summed E-state index contributed by atoms with van der Waals surface area (Å²) in [6, 6.07) is 11.1. The number of nitrogens with two attached hydrogens (primary N) is 1. The van der Waals surface area contributed by atoms with E-state index in [9.17, 15) is 14.3 Å². The fourth-order valence-electron chi connectivity index (χ4n) is 1.77. The minimum absolute atomic E-state index is 0.0322. The van der Waals surface area contributed by atoms with E-state index in [4.69, 9.17) is 5.73 Å². The number of rotatable bonds is 4. The molecule has 98 valence electrons. The molecule has 0 bridgehead atoms. The van der Waals surface area contributed by atoms with Crippen LogP contribution in [-0.4, -0.2) is 11.0 Å². The number of aromatic hydroxyl groups is 1. The molecule has 0 heterocycles. The van der Waals surface area contributed by atoms with E-state index in [-0.39, 0.29) is 5.75 Å². The van der Waals surface area contributed by atoms with Gasteiger partial charge in [-0.2, -0.15) is 0 Å². The molecule has 0 saturated carbocycles. The molecule has 0 aliphatic rings. The molecule has 0 saturated heterocycles. The second-order valence-corrected chi connectivity index (χ2v) is 4.09. The molecule has 0 radical (unpaired) electrons. The van der Waals surface area contributed by atoms with Crippen LogP contribution >= 0.6 is 0 Å². The van der Waals surface area contributed by atoms with Crippen LogP contribution in [-0.2, 0) is 4.79 Å². The molecule has 1 unspecified atom stereocenters. The number of hydrogen-bond donors (Lipinski definition) is 3. The highest BCUT2D eigenvalue weighted by molar-refractivity contribution is 5.84. The number of phenols is 1. The van der Waals surface area contributed by atoms with E-state index in [2.05, 4.69) is 5.32 Å². The summed E-state index contributed by atoms with van der Waals surface area (Å²) in [4.78, 5) is 11.5. The van der Waals surface area contributed by atoms with E-state index in [0.29, 0.717) is 11.3 Å². The van der Waals surface area contributed by atoms with Crippen LogP contribution in [0.2, 0.25) is 0 Å². The fraction of sp³-hybridized carbons (Fsp3) is 0.0714. The Morgan fingerprint density at radius 3 is 2.58 bits per heavy atom. The lowest BCUT2D eigenvalue weighted by molar-refractivity contribution is -0.118. The Morgan fingerprint density at radius 2 is 1.95 bits per heavy atom. The van der Waals surface area contributed by atoms with Gasteiger partial charge in [-0.3, -0.25) is 4.79 Å². The minimum Gasteiger partial charge on any atom is -0.508 e. The van der Waals surface area contributed by atoms with Gasteiger partial charge >= 0.3 is 0 Å². The lowest BCUT2D eigenvalue weighted by Crippen LogP contribution is -2.27. The number of anilines is 1. The molecule has 0 spiro atoms. The Hall–Kier alpha value is -2.56. The Bertz CT molecular complexity index is 602. The number of primary amides is 1. The van der Waals surface area contributed by atoms with Crippen molar-refractivity contribution in [3.63, 3.8) is 0 Å². The van der Waals surface area contributed by atoms with Gasteiger partial charge in [0.2, 0.25) is 5.91 Å². The van der Waals surface area contributed by atoms with E-state index in [1.807, 2.05) is 0 Å². The van der Waals surface area contributed by atoms with Crippen LogP contribution in [0, 0.1) is 5.82 Å². The van der Waals surface area contributed by atoms with Crippen molar-refractivity contribution in [2.75, 3.05) is 5.32 Å². The summed E-state index contributed by atoms with van der Waals surface area (Å²) in [7, 11) is 0. The molecule has 2 aromatic carbocycles. The molecule has 1 atom stereocenters. The van der Waals surface area contributed by atoms with Gasteiger partial charge in [0.1, 0.15) is 17.6 Å². The van der Waals surface area contributed by atoms with Crippen molar-refractivity contribution < 1.29 is 14.3 Å². The molecule has 0 aromatic heterocycles. The molecule has 2 aromatic rings. The Kier molecular flexibility index (Phi) is 3.66. The van der Waals surface area contributed by atoms with E-state index < -0.39 is 17.8 Å². The van der Waals surface area contributed by atoms with Crippen LogP contribution in [0.4, 0.5) is 10.1 Å². The van der Waals surface area contributed by atoms with E-state index in [1.54, 1.807) is 18.2 Å². The summed E-state index contributed by atoms with van der Waals surface area (Å²) < 4.78 is 13.1. The van der Waals surface area contributed by atoms with Crippen LogP contribution in [0.5, 0.6) is 5.75 Å². The van der Waals surface area contributed by atoms with Crippen molar-refractivity contribution in [2.45, 2.75) is 6.04 Å². The number of carbonyl (C=O) groups excluding carboxylic acids is 1. The molecule has 4 N–H and O–H groups in total. The number of nitrogens with one attached hydrogen (secondary N) is 1. The molecule has 2 rings (SSSR count). The summed E-state index contributed by atoms with van der Waals surface area (Å²) in [6.07, 6.45) is 0. The number of benzene rings is 2. The van der Waals surface area contributed by atoms with Gasteiger partial charge in [0, 0.05) is 5.69 Å². The van der Waals surface area contributed by atoms with E-state index in [1.165, 1.54) is 30.3 Å². The van der Waals surface area contributed by atoms with Gasteiger partial charge in [-0.05, 0) is 35.9 Å². The second-order valence-electron chi connectivity index (χ2n) is 4.09. The first-order valence-electron chi connectivity index (χ1n) is 5.66. The lowest BCUT2D eigenvalue weighted by Gasteiger charge is -2.17. The van der Waals surface area contributed by atoms with Crippen LogP contribution in [0.15, 0.2) is 48.5 Å². The van der Waals surface area contributed by atoms with Gasteiger partial charge in [-0.1, -0.05) is 18.2 Å². The maximum absolute atomic E-state index is 13.1. The Labute approximate surface area is 109 Å². The zero-order valence-corrected chi connectivity index (χ0v) is 10.0. The van der Waals surface area contributed by atoms with Crippen LogP contribution in [0.25, 0.3) is 0 Å². The van der Waals surface area contributed by atoms with Gasteiger partial charge in [-0.25, -0.2) is 4.39 Å². The van der Waals surface area contributed by atoms with Crippen LogP contribution in [0.1, 0.15) is 11.6 Å². The van der Waals surface area contributed by atoms with Crippen molar-refractivity contribution in [2.24, 2.45) is 5.73 Å². The number of phenolic OH excluding ortho intramolecular Hbond substituents is 1. The van der Waals surface area contributed by atoms with Crippen molar-refractivity contribution in [1.82, 2.24) is 0 Å². The molecule has 19 heavy (non-hydrogen) atoms. The van der Waals surface area contributed by atoms with E-state index >= 15 is 0 Å². The van der Waals surface area contributed by atoms with Crippen LogP contribution in [0.3, 0.4) is 0 Å². The highest BCUT2D eigenvalue weighted by atomic mass is 19.1. The van der Waals surface area contributed by atoms with Gasteiger partial charge in [0.05, 0.1) is 0 Å². The number of amides is 1. The number of carbonyl (C=O) groups is 1. The topological polar surface area (TPSA) is 75.4 Å². The van der Waals surface area contributed by atoms with Crippen LogP contribution < -0.4 is 11.1 Å². The maximum Gasteiger partial charge on any atom is 0.244 e. The first-order chi connectivity index (χ1) is 9.06. The lowest BCUT2D eigenvalue weighted by atomic mass is 10.1. The van der Waals surface area contributed by atoms with Gasteiger partial charge in [-0.15, -0.1) is 0 Å². The van der Waals surface area contributed by atoms with Gasteiger partial charge in [0.15, 0.2) is 0 Å². The van der Waals surface area contributed by atoms with Crippen molar-refractivity contribution in [3.05, 3.63) is 59.9 Å². The predicted molar refractivity (Wildman–Crippen MR) is 70.1 cm³/mol. The third-order valence-corrected chi connectivity index (χ3v) is 2.62. The molecule has 5 heteroatoms. The van der Waals surface area contributed by atoms with Gasteiger partial charge < -0.3 is 16.2 Å². The summed E-state index contributed by atoms with van der Waals surface area (Å²) in [5, 5.41) is 12.3. The molecule has 4 nitrogen and oxygen atoms in total. The average molecular weight is 260 g/mol. The quantitative estimate of drug-likeness (QED) is 0.788. The number of hydrogen-bond acceptors (Lipinski definition) is 3. The molecule has 1 amide bonds. The predicted octanol–water partition coefficient (Wildman–Crippen LogP) is 2.17. The smallest absolute Gasteiger partial charge is 0.244 e. The Morgan fingerprint density at radius 1 is 1.21 bits per heavy atom. The zero-order valence-electron chi connectivity index (χ0n) is 10.0. The fourth-order valence-corrected chi connectivity index (χ4v) is 1.77. The van der Waals surface area contributed by atoms with Crippen molar-refractivity contribution >= 4 is 11.6 Å². The molecular formula is C14H13FN2O2. The maximum atomic E-state index is 13.1. The largest absolute Gasteiger partial charge is 0.508 e. The summed E-state index contributed by atoms with van der Waals surface area (Å²) >= 11 is 0. The third kappa shape index (κ3) is 3.22. The zero-order chi connectivity index (χ0) is 13.8. The normalized spacial score (nSPS) is 11.8. The first kappa shape index (κ1) is 12.9. The third-order valence-electron chi connectivity index (χ3n) is 2.62. The average Bonchev–Trinajstić information content (AvgIpc) is 2.35. The highest BCUT2D eigenvalue weighted by Gasteiger charge is 2.18. The van der Waals surface area contributed by atoms with Crippen molar-refractivity contribution in [1.29, 1.82) is 0 Å². The molecule has 0 fully saturated rings. The standard InChI is InChI=1S/C14H13FN2O2/c15-10-4-2-5-11(8-10)17-13(14(16)19)9-3-1-6-12(18)7-9/h1-8,13,17-18H,(H2,16,19). The van der Waals surface area contributed by atoms with E-state index in [0.717, 1.165) is 0 Å². The number of halogens is 1. The first-order valence-corrected chi connectivity index (χ1v) is 5.66. The SMILES string of the molecule is NC(=O)C(Nc1cccc(F)c1)c1cccc(O)c1. The monoisotopic (exact) mass is 260 g/mol. The molecule has 0 aliphatic carbocycles. The van der Waals surface area contributed by atoms with Crippen molar-refractivity contribution in [3.8, 4) is 5.75 Å². The summed E-state index contributed by atoms with van der Waals surface area (Å²) in [5.41, 5.74) is 6.28. The van der Waals surface area contributed by atoms with Gasteiger partial charge in [0.25, 0.3) is 0 Å². The summed E-state index contributed by atoms with van der Waals surface area (Å²) in [6.45, 7) is 0. The minimum atomic E-state index is -0.839. The molecule has 0 aliphatic heterocycles. The Balaban J connectivity index is 2.29. The highest BCUT2D eigenvalue weighted by Crippen LogP contribution is 2.22. The molecular weight excluding hydrogens is 247 g/mol. The second kappa shape index (κ2) is 5.39.